The van der Waals surface area contributed by atoms with E-state index >= 15 is 0 Å². The molecule has 0 rings (SSSR count). The third-order valence-electron chi connectivity index (χ3n) is 2.90. The minimum Gasteiger partial charge on any atom is -0.480 e. The number of carboxylic acids is 1. The van der Waals surface area contributed by atoms with Gasteiger partial charge in [0, 0.05) is 0 Å². The van der Waals surface area contributed by atoms with Gasteiger partial charge >= 0.3 is 5.97 Å². The number of carboxylic acid groups (broad SMARTS) is 1. The molecular formula is C13H23N5O6S. The van der Waals surface area contributed by atoms with Crippen molar-refractivity contribution in [3.8, 4) is 0 Å². The Morgan fingerprint density at radius 2 is 1.72 bits per heavy atom. The Hall–Kier alpha value is -2.34. The molecule has 0 radical (unpaired) electrons. The van der Waals surface area contributed by atoms with E-state index in [0.717, 1.165) is 0 Å². The lowest BCUT2D eigenvalue weighted by molar-refractivity contribution is -0.138. The van der Waals surface area contributed by atoms with Crippen LogP contribution in [0.25, 0.3) is 0 Å². The van der Waals surface area contributed by atoms with Crippen LogP contribution in [0.3, 0.4) is 0 Å². The Morgan fingerprint density at radius 3 is 2.20 bits per heavy atom. The smallest absolute Gasteiger partial charge is 0.322 e. The van der Waals surface area contributed by atoms with Crippen LogP contribution < -0.4 is 27.4 Å². The Kier molecular flexibility index (Phi) is 11.0. The predicted octanol–water partition coefficient (Wildman–Crippen LogP) is -3.26. The zero-order valence-corrected chi connectivity index (χ0v) is 14.6. The molecule has 0 bridgehead atoms. The number of thioether (sulfide) groups is 1. The summed E-state index contributed by atoms with van der Waals surface area (Å²) in [5.74, 6) is -3.69. The molecule has 2 unspecified atom stereocenters. The van der Waals surface area contributed by atoms with Gasteiger partial charge in [0.25, 0.3) is 0 Å². The van der Waals surface area contributed by atoms with E-state index < -0.39 is 61.2 Å². The monoisotopic (exact) mass is 377 g/mol. The zero-order valence-electron chi connectivity index (χ0n) is 13.7. The highest BCUT2D eigenvalue weighted by molar-refractivity contribution is 7.98. The molecule has 0 saturated heterocycles. The fourth-order valence-corrected chi connectivity index (χ4v) is 2.20. The normalized spacial score (nSPS) is 12.6. The SMILES string of the molecule is CSCCC(NC(=O)C(CC(N)=O)NC(=O)CN)C(=O)NCC(=O)O. The number of hydrogen-bond acceptors (Lipinski definition) is 7. The summed E-state index contributed by atoms with van der Waals surface area (Å²) in [5, 5.41) is 15.4. The third-order valence-corrected chi connectivity index (χ3v) is 3.54. The number of hydrogen-bond donors (Lipinski definition) is 6. The van der Waals surface area contributed by atoms with Crippen molar-refractivity contribution in [2.75, 3.05) is 25.1 Å². The van der Waals surface area contributed by atoms with Crippen LogP contribution in [0.2, 0.25) is 0 Å². The second-order valence-electron chi connectivity index (χ2n) is 4.95. The lowest BCUT2D eigenvalue weighted by atomic mass is 10.1. The number of carbonyl (C=O) groups excluding carboxylic acids is 4. The van der Waals surface area contributed by atoms with Gasteiger partial charge in [-0.2, -0.15) is 11.8 Å². The molecule has 142 valence electrons. The summed E-state index contributed by atoms with van der Waals surface area (Å²) in [6.07, 6.45) is 1.56. The van der Waals surface area contributed by atoms with Crippen molar-refractivity contribution in [2.45, 2.75) is 24.9 Å². The lowest BCUT2D eigenvalue weighted by Gasteiger charge is -2.22. The molecule has 4 amide bonds. The summed E-state index contributed by atoms with van der Waals surface area (Å²) in [6, 6.07) is -2.30. The fraction of sp³-hybridized carbons (Fsp3) is 0.615. The van der Waals surface area contributed by atoms with E-state index in [1.807, 2.05) is 0 Å². The maximum absolute atomic E-state index is 12.3. The molecule has 0 aliphatic rings. The first kappa shape index (κ1) is 22.7. The van der Waals surface area contributed by atoms with Gasteiger partial charge < -0.3 is 32.5 Å². The molecule has 0 aliphatic heterocycles. The molecular weight excluding hydrogens is 354 g/mol. The Labute approximate surface area is 148 Å². The molecule has 25 heavy (non-hydrogen) atoms. The number of primary amides is 1. The van der Waals surface area contributed by atoms with Crippen LogP contribution in [0, 0.1) is 0 Å². The molecule has 0 spiro atoms. The average Bonchev–Trinajstić information content (AvgIpc) is 2.54. The highest BCUT2D eigenvalue weighted by atomic mass is 32.2. The largest absolute Gasteiger partial charge is 0.480 e. The molecule has 0 heterocycles. The molecule has 0 fully saturated rings. The standard InChI is InChI=1S/C13H23N5O6S/c1-25-3-2-7(12(23)16-6-11(21)22)18-13(24)8(4-9(15)19)17-10(20)5-14/h7-8H,2-6,14H2,1H3,(H2,15,19)(H,16,23)(H,17,20)(H,18,24)(H,21,22). The van der Waals surface area contributed by atoms with Gasteiger partial charge in [0.1, 0.15) is 18.6 Å². The second kappa shape index (κ2) is 12.1. The van der Waals surface area contributed by atoms with E-state index in [-0.39, 0.29) is 6.42 Å². The summed E-state index contributed by atoms with van der Waals surface area (Å²) >= 11 is 1.42. The molecule has 0 aliphatic carbocycles. The van der Waals surface area contributed by atoms with E-state index in [9.17, 15) is 24.0 Å². The van der Waals surface area contributed by atoms with Gasteiger partial charge in [-0.3, -0.25) is 24.0 Å². The zero-order chi connectivity index (χ0) is 19.4. The van der Waals surface area contributed by atoms with Crippen LogP contribution in [-0.2, 0) is 24.0 Å². The average molecular weight is 377 g/mol. The van der Waals surface area contributed by atoms with Crippen molar-refractivity contribution in [1.29, 1.82) is 0 Å². The van der Waals surface area contributed by atoms with Crippen molar-refractivity contribution in [3.05, 3.63) is 0 Å². The van der Waals surface area contributed by atoms with Crippen molar-refractivity contribution in [2.24, 2.45) is 11.5 Å². The maximum Gasteiger partial charge on any atom is 0.322 e. The van der Waals surface area contributed by atoms with E-state index in [1.54, 1.807) is 6.26 Å². The number of rotatable bonds is 12. The van der Waals surface area contributed by atoms with Crippen LogP contribution in [0.5, 0.6) is 0 Å². The van der Waals surface area contributed by atoms with Crippen LogP contribution in [0.1, 0.15) is 12.8 Å². The first-order chi connectivity index (χ1) is 11.7. The number of nitrogens with two attached hydrogens (primary N) is 2. The first-order valence-corrected chi connectivity index (χ1v) is 8.67. The third kappa shape index (κ3) is 10.2. The van der Waals surface area contributed by atoms with Crippen LogP contribution >= 0.6 is 11.8 Å². The second-order valence-corrected chi connectivity index (χ2v) is 5.93. The van der Waals surface area contributed by atoms with Crippen molar-refractivity contribution < 1.29 is 29.1 Å². The quantitative estimate of drug-likeness (QED) is 0.204. The molecule has 0 aromatic rings. The van der Waals surface area contributed by atoms with Gasteiger partial charge in [-0.15, -0.1) is 0 Å². The highest BCUT2D eigenvalue weighted by Gasteiger charge is 2.27. The highest BCUT2D eigenvalue weighted by Crippen LogP contribution is 2.03. The molecule has 8 N–H and O–H groups in total. The first-order valence-electron chi connectivity index (χ1n) is 7.27. The van der Waals surface area contributed by atoms with E-state index in [1.165, 1.54) is 11.8 Å². The number of nitrogens with one attached hydrogen (secondary N) is 3. The Morgan fingerprint density at radius 1 is 1.08 bits per heavy atom. The molecule has 0 aromatic carbocycles. The molecule has 0 saturated carbocycles. The van der Waals surface area contributed by atoms with Crippen LogP contribution in [0.4, 0.5) is 0 Å². The Bertz CT molecular complexity index is 515. The van der Waals surface area contributed by atoms with Crippen LogP contribution in [0.15, 0.2) is 0 Å². The maximum atomic E-state index is 12.3. The van der Waals surface area contributed by atoms with E-state index in [0.29, 0.717) is 5.75 Å². The molecule has 12 heteroatoms. The van der Waals surface area contributed by atoms with Gasteiger partial charge in [-0.1, -0.05) is 0 Å². The molecule has 2 atom stereocenters. The van der Waals surface area contributed by atoms with Gasteiger partial charge in [0.05, 0.1) is 13.0 Å². The topological polar surface area (TPSA) is 194 Å². The molecule has 11 nitrogen and oxygen atoms in total. The van der Waals surface area contributed by atoms with Crippen molar-refractivity contribution in [3.63, 3.8) is 0 Å². The summed E-state index contributed by atoms with van der Waals surface area (Å²) in [5.41, 5.74) is 10.2. The minimum atomic E-state index is -1.28. The summed E-state index contributed by atoms with van der Waals surface area (Å²) < 4.78 is 0. The van der Waals surface area contributed by atoms with E-state index in [2.05, 4.69) is 16.0 Å². The fourth-order valence-electron chi connectivity index (χ4n) is 1.73. The number of aliphatic carboxylic acids is 1. The van der Waals surface area contributed by atoms with Gasteiger partial charge in [-0.25, -0.2) is 0 Å². The summed E-state index contributed by atoms with van der Waals surface area (Å²) in [7, 11) is 0. The van der Waals surface area contributed by atoms with Crippen molar-refractivity contribution in [1.82, 2.24) is 16.0 Å². The van der Waals surface area contributed by atoms with Crippen molar-refractivity contribution >= 4 is 41.4 Å². The summed E-state index contributed by atoms with van der Waals surface area (Å²) in [6.45, 7) is -0.989. The number of carbonyl (C=O) groups is 5. The van der Waals surface area contributed by atoms with Gasteiger partial charge in [0.15, 0.2) is 0 Å². The van der Waals surface area contributed by atoms with E-state index in [4.69, 9.17) is 16.6 Å². The number of amides is 4. The summed E-state index contributed by atoms with van der Waals surface area (Å²) in [4.78, 5) is 57.2. The predicted molar refractivity (Wildman–Crippen MR) is 90.4 cm³/mol. The minimum absolute atomic E-state index is 0.229. The van der Waals surface area contributed by atoms with Crippen LogP contribution in [-0.4, -0.2) is 71.9 Å². The molecule has 0 aromatic heterocycles. The Balaban J connectivity index is 5.02. The van der Waals surface area contributed by atoms with Gasteiger partial charge in [0.2, 0.25) is 23.6 Å². The lowest BCUT2D eigenvalue weighted by Crippen LogP contribution is -2.55. The van der Waals surface area contributed by atoms with Gasteiger partial charge in [-0.05, 0) is 18.4 Å².